The van der Waals surface area contributed by atoms with Gasteiger partial charge in [0.05, 0.1) is 0 Å². The Morgan fingerprint density at radius 2 is 1.05 bits per heavy atom. The summed E-state index contributed by atoms with van der Waals surface area (Å²) in [5.41, 5.74) is 0. The van der Waals surface area contributed by atoms with Crippen LogP contribution in [0.25, 0.3) is 0 Å². The lowest BCUT2D eigenvalue weighted by Crippen LogP contribution is -2.14. The third-order valence-electron chi connectivity index (χ3n) is 3.84. The summed E-state index contributed by atoms with van der Waals surface area (Å²) >= 11 is 16.3. The van der Waals surface area contributed by atoms with E-state index in [9.17, 15) is 0 Å². The number of alkyl halides is 3. The first-order valence-electron chi connectivity index (χ1n) is 8.56. The van der Waals surface area contributed by atoms with E-state index in [2.05, 4.69) is 22.9 Å². The summed E-state index contributed by atoms with van der Waals surface area (Å²) in [6, 6.07) is 0. The average molecular weight is 388 g/mol. The normalized spacial score (nSPS) is 14.4. The largest absolute Gasteiger partial charge is 0.121 e. The van der Waals surface area contributed by atoms with Crippen LogP contribution in [-0.2, 0) is 0 Å². The molecule has 20 heavy (non-hydrogen) atoms. The Balaban J connectivity index is 3.35. The highest BCUT2D eigenvalue weighted by atomic mass is 79.9. The van der Waals surface area contributed by atoms with E-state index >= 15 is 0 Å². The molecule has 0 aliphatic rings. The van der Waals surface area contributed by atoms with Crippen LogP contribution in [-0.4, -0.2) is 16.1 Å². The van der Waals surface area contributed by atoms with Gasteiger partial charge in [0.25, 0.3) is 0 Å². The molecule has 2 atom stereocenters. The summed E-state index contributed by atoms with van der Waals surface area (Å²) in [4.78, 5) is 0. The van der Waals surface area contributed by atoms with E-state index in [1.807, 2.05) is 0 Å². The maximum absolute atomic E-state index is 6.40. The van der Waals surface area contributed by atoms with Gasteiger partial charge in [-0.05, 0) is 19.3 Å². The predicted molar refractivity (Wildman–Crippen MR) is 98.8 cm³/mol. The van der Waals surface area contributed by atoms with Crippen LogP contribution >= 0.6 is 39.1 Å². The average Bonchev–Trinajstić information content (AvgIpc) is 2.45. The molecule has 0 N–H and O–H groups in total. The Labute approximate surface area is 145 Å². The molecule has 0 saturated carbocycles. The molecule has 0 saturated heterocycles. The SMILES string of the molecule is CCCCCCCCC(Cl)C(Cl)CCCCCCCBr. The molecule has 0 spiro atoms. The van der Waals surface area contributed by atoms with Gasteiger partial charge in [0, 0.05) is 16.1 Å². The van der Waals surface area contributed by atoms with E-state index in [1.165, 1.54) is 70.6 Å². The monoisotopic (exact) mass is 386 g/mol. The Hall–Kier alpha value is 1.06. The second kappa shape index (κ2) is 16.4. The van der Waals surface area contributed by atoms with Crippen LogP contribution in [0.3, 0.4) is 0 Å². The van der Waals surface area contributed by atoms with Crippen LogP contribution in [0.1, 0.15) is 90.4 Å². The van der Waals surface area contributed by atoms with Gasteiger partial charge in [0.15, 0.2) is 0 Å². The molecule has 3 heteroatoms. The second-order valence-electron chi connectivity index (χ2n) is 5.83. The molecule has 0 amide bonds. The lowest BCUT2D eigenvalue weighted by Gasteiger charge is -2.16. The second-order valence-corrected chi connectivity index (χ2v) is 7.75. The molecule has 0 nitrogen and oxygen atoms in total. The van der Waals surface area contributed by atoms with Crippen molar-refractivity contribution in [1.29, 1.82) is 0 Å². The zero-order chi connectivity index (χ0) is 15.1. The van der Waals surface area contributed by atoms with Crippen molar-refractivity contribution in [3.05, 3.63) is 0 Å². The van der Waals surface area contributed by atoms with Gasteiger partial charge in [-0.1, -0.05) is 87.1 Å². The summed E-state index contributed by atoms with van der Waals surface area (Å²) in [6.07, 6.45) is 16.7. The van der Waals surface area contributed by atoms with Gasteiger partial charge in [-0.15, -0.1) is 23.2 Å². The van der Waals surface area contributed by atoms with Crippen LogP contribution in [0.4, 0.5) is 0 Å². The molecule has 2 unspecified atom stereocenters. The fraction of sp³-hybridized carbons (Fsp3) is 1.00. The molecule has 0 aliphatic heterocycles. The first kappa shape index (κ1) is 21.1. The summed E-state index contributed by atoms with van der Waals surface area (Å²) in [6.45, 7) is 2.26. The van der Waals surface area contributed by atoms with Gasteiger partial charge in [0.2, 0.25) is 0 Å². The number of rotatable bonds is 15. The van der Waals surface area contributed by atoms with E-state index < -0.39 is 0 Å². The van der Waals surface area contributed by atoms with Gasteiger partial charge in [-0.3, -0.25) is 0 Å². The highest BCUT2D eigenvalue weighted by molar-refractivity contribution is 9.09. The fourth-order valence-corrected chi connectivity index (χ4v) is 3.40. The molecule has 0 aliphatic carbocycles. The van der Waals surface area contributed by atoms with Crippen LogP contribution in [0.15, 0.2) is 0 Å². The van der Waals surface area contributed by atoms with Crippen LogP contribution in [0.5, 0.6) is 0 Å². The van der Waals surface area contributed by atoms with Crippen LogP contribution in [0.2, 0.25) is 0 Å². The van der Waals surface area contributed by atoms with E-state index in [4.69, 9.17) is 23.2 Å². The molecule has 0 bridgehead atoms. The zero-order valence-electron chi connectivity index (χ0n) is 13.2. The minimum Gasteiger partial charge on any atom is -0.121 e. The molecular formula is C17H33BrCl2. The van der Waals surface area contributed by atoms with Crippen molar-refractivity contribution < 1.29 is 0 Å². The molecular weight excluding hydrogens is 355 g/mol. The molecule has 0 radical (unpaired) electrons. The van der Waals surface area contributed by atoms with E-state index in [1.54, 1.807) is 0 Å². The van der Waals surface area contributed by atoms with E-state index in [0.717, 1.165) is 18.2 Å². The van der Waals surface area contributed by atoms with Crippen molar-refractivity contribution in [3.8, 4) is 0 Å². The molecule has 0 aromatic rings. The highest BCUT2D eigenvalue weighted by Gasteiger charge is 2.15. The number of halogens is 3. The quantitative estimate of drug-likeness (QED) is 0.199. The van der Waals surface area contributed by atoms with Crippen LogP contribution in [0, 0.1) is 0 Å². The van der Waals surface area contributed by atoms with Crippen molar-refractivity contribution in [3.63, 3.8) is 0 Å². The predicted octanol–water partition coefficient (Wildman–Crippen LogP) is 7.69. The molecule has 0 fully saturated rings. The minimum absolute atomic E-state index is 0.170. The van der Waals surface area contributed by atoms with Crippen LogP contribution < -0.4 is 0 Å². The number of hydrogen-bond acceptors (Lipinski definition) is 0. The van der Waals surface area contributed by atoms with Gasteiger partial charge in [0.1, 0.15) is 0 Å². The molecule has 122 valence electrons. The van der Waals surface area contributed by atoms with Crippen molar-refractivity contribution in [2.24, 2.45) is 0 Å². The summed E-state index contributed by atoms with van der Waals surface area (Å²) in [5, 5.41) is 1.47. The topological polar surface area (TPSA) is 0 Å². The van der Waals surface area contributed by atoms with Crippen molar-refractivity contribution in [1.82, 2.24) is 0 Å². The Kier molecular flexibility index (Phi) is 17.3. The fourth-order valence-electron chi connectivity index (χ4n) is 2.45. The number of hydrogen-bond donors (Lipinski definition) is 0. The lowest BCUT2D eigenvalue weighted by atomic mass is 10.0. The maximum Gasteiger partial charge on any atom is 0.0499 e. The minimum atomic E-state index is 0.170. The van der Waals surface area contributed by atoms with E-state index in [-0.39, 0.29) is 10.8 Å². The third kappa shape index (κ3) is 14.0. The van der Waals surface area contributed by atoms with Crippen molar-refractivity contribution in [2.75, 3.05) is 5.33 Å². The summed E-state index contributed by atoms with van der Waals surface area (Å²) < 4.78 is 0. The first-order chi connectivity index (χ1) is 9.72. The standard InChI is InChI=1S/C17H33BrCl2/c1-2-3-4-5-7-10-13-16(19)17(20)14-11-8-6-9-12-15-18/h16-17H,2-15H2,1H3. The Morgan fingerprint density at radius 3 is 1.50 bits per heavy atom. The van der Waals surface area contributed by atoms with Gasteiger partial charge in [-0.2, -0.15) is 0 Å². The van der Waals surface area contributed by atoms with Crippen molar-refractivity contribution in [2.45, 2.75) is 101 Å². The summed E-state index contributed by atoms with van der Waals surface area (Å²) in [7, 11) is 0. The lowest BCUT2D eigenvalue weighted by molar-refractivity contribution is 0.543. The highest BCUT2D eigenvalue weighted by Crippen LogP contribution is 2.22. The van der Waals surface area contributed by atoms with Crippen molar-refractivity contribution >= 4 is 39.1 Å². The first-order valence-corrected chi connectivity index (χ1v) is 10.6. The molecule has 0 rings (SSSR count). The summed E-state index contributed by atoms with van der Waals surface area (Å²) in [5.74, 6) is 0. The molecule has 0 aromatic carbocycles. The Morgan fingerprint density at radius 1 is 0.650 bits per heavy atom. The third-order valence-corrected chi connectivity index (χ3v) is 5.57. The Bertz CT molecular complexity index is 168. The van der Waals surface area contributed by atoms with Gasteiger partial charge < -0.3 is 0 Å². The zero-order valence-corrected chi connectivity index (χ0v) is 16.3. The molecule has 0 heterocycles. The number of unbranched alkanes of at least 4 members (excludes halogenated alkanes) is 9. The van der Waals surface area contributed by atoms with Gasteiger partial charge >= 0.3 is 0 Å². The van der Waals surface area contributed by atoms with Gasteiger partial charge in [-0.25, -0.2) is 0 Å². The maximum atomic E-state index is 6.40. The van der Waals surface area contributed by atoms with E-state index in [0.29, 0.717) is 0 Å². The smallest absolute Gasteiger partial charge is 0.0499 e. The molecule has 0 aromatic heterocycles.